The molecule has 2 rings (SSSR count). The predicted octanol–water partition coefficient (Wildman–Crippen LogP) is 4.28. The second kappa shape index (κ2) is 7.08. The molecule has 2 fully saturated rings. The van der Waals surface area contributed by atoms with Crippen molar-refractivity contribution in [3.63, 3.8) is 0 Å². The zero-order chi connectivity index (χ0) is 13.7. The average molecular weight is 267 g/mol. The molecule has 0 amide bonds. The van der Waals surface area contributed by atoms with Crippen LogP contribution in [0.3, 0.4) is 0 Å². The van der Waals surface area contributed by atoms with E-state index in [1.165, 1.54) is 57.8 Å². The summed E-state index contributed by atoms with van der Waals surface area (Å²) in [4.78, 5) is 0. The zero-order valence-corrected chi connectivity index (χ0v) is 13.2. The first-order valence-corrected chi connectivity index (χ1v) is 8.56. The SMILES string of the molecule is CCCNC(CCC1CCC2(CCCC2)O1)C(C)C. The minimum atomic E-state index is 0.314. The molecule has 2 heteroatoms. The topological polar surface area (TPSA) is 21.3 Å². The van der Waals surface area contributed by atoms with E-state index in [0.29, 0.717) is 17.7 Å². The fourth-order valence-electron chi connectivity index (χ4n) is 3.85. The Hall–Kier alpha value is -0.0800. The highest BCUT2D eigenvalue weighted by Gasteiger charge is 2.41. The van der Waals surface area contributed by atoms with Gasteiger partial charge in [-0.1, -0.05) is 33.6 Å². The molecule has 0 aromatic carbocycles. The fraction of sp³-hybridized carbons (Fsp3) is 1.00. The Kier molecular flexibility index (Phi) is 5.70. The summed E-state index contributed by atoms with van der Waals surface area (Å²) in [7, 11) is 0. The first-order chi connectivity index (χ1) is 9.15. The number of hydrogen-bond donors (Lipinski definition) is 1. The molecule has 1 N–H and O–H groups in total. The largest absolute Gasteiger partial charge is 0.372 e. The summed E-state index contributed by atoms with van der Waals surface area (Å²) in [5.74, 6) is 0.730. The normalized spacial score (nSPS) is 27.5. The van der Waals surface area contributed by atoms with E-state index in [-0.39, 0.29) is 0 Å². The standard InChI is InChI=1S/C17H33NO/c1-4-13-18-16(14(2)3)8-7-15-9-12-17(19-15)10-5-6-11-17/h14-16,18H,4-13H2,1-3H3. The maximum atomic E-state index is 6.42. The molecule has 1 saturated heterocycles. The number of ether oxygens (including phenoxy) is 1. The molecule has 1 aliphatic carbocycles. The lowest BCUT2D eigenvalue weighted by Gasteiger charge is -2.26. The van der Waals surface area contributed by atoms with Crippen LogP contribution in [-0.4, -0.2) is 24.3 Å². The van der Waals surface area contributed by atoms with Crippen molar-refractivity contribution < 1.29 is 4.74 Å². The lowest BCUT2D eigenvalue weighted by molar-refractivity contribution is -0.0405. The molecule has 19 heavy (non-hydrogen) atoms. The van der Waals surface area contributed by atoms with Gasteiger partial charge in [0, 0.05) is 6.04 Å². The van der Waals surface area contributed by atoms with Crippen molar-refractivity contribution in [2.45, 2.75) is 96.3 Å². The highest BCUT2D eigenvalue weighted by atomic mass is 16.5. The van der Waals surface area contributed by atoms with Crippen LogP contribution in [0.5, 0.6) is 0 Å². The Balaban J connectivity index is 1.72. The molecule has 2 aliphatic rings. The number of hydrogen-bond acceptors (Lipinski definition) is 2. The van der Waals surface area contributed by atoms with Crippen molar-refractivity contribution in [3.05, 3.63) is 0 Å². The van der Waals surface area contributed by atoms with Crippen molar-refractivity contribution >= 4 is 0 Å². The van der Waals surface area contributed by atoms with E-state index in [0.717, 1.165) is 12.5 Å². The molecule has 0 aromatic rings. The van der Waals surface area contributed by atoms with Gasteiger partial charge in [0.15, 0.2) is 0 Å². The summed E-state index contributed by atoms with van der Waals surface area (Å²) >= 11 is 0. The Labute approximate surface area is 119 Å². The van der Waals surface area contributed by atoms with Gasteiger partial charge in [-0.15, -0.1) is 0 Å². The van der Waals surface area contributed by atoms with Crippen molar-refractivity contribution in [2.24, 2.45) is 5.92 Å². The van der Waals surface area contributed by atoms with Crippen LogP contribution >= 0.6 is 0 Å². The second-order valence-electron chi connectivity index (χ2n) is 7.05. The molecule has 1 spiro atoms. The van der Waals surface area contributed by atoms with Crippen molar-refractivity contribution in [3.8, 4) is 0 Å². The van der Waals surface area contributed by atoms with Gasteiger partial charge in [0.05, 0.1) is 11.7 Å². The summed E-state index contributed by atoms with van der Waals surface area (Å²) in [6.07, 6.45) is 12.4. The van der Waals surface area contributed by atoms with E-state index in [4.69, 9.17) is 4.74 Å². The molecule has 1 aliphatic heterocycles. The third-order valence-electron chi connectivity index (χ3n) is 5.11. The highest BCUT2D eigenvalue weighted by molar-refractivity contribution is 4.93. The molecule has 0 aromatic heterocycles. The molecular formula is C17H33NO. The summed E-state index contributed by atoms with van der Waals surface area (Å²) in [5.41, 5.74) is 0.314. The van der Waals surface area contributed by atoms with E-state index >= 15 is 0 Å². The first-order valence-electron chi connectivity index (χ1n) is 8.56. The Morgan fingerprint density at radius 1 is 1.21 bits per heavy atom. The summed E-state index contributed by atoms with van der Waals surface area (Å²) in [6.45, 7) is 8.06. The Bertz CT molecular complexity index is 258. The van der Waals surface area contributed by atoms with Gasteiger partial charge in [0.2, 0.25) is 0 Å². The molecule has 1 heterocycles. The van der Waals surface area contributed by atoms with Gasteiger partial charge in [0.25, 0.3) is 0 Å². The molecular weight excluding hydrogens is 234 g/mol. The molecule has 0 bridgehead atoms. The van der Waals surface area contributed by atoms with Crippen LogP contribution in [0.25, 0.3) is 0 Å². The minimum absolute atomic E-state index is 0.314. The first kappa shape index (κ1) is 15.3. The van der Waals surface area contributed by atoms with E-state index in [1.54, 1.807) is 0 Å². The lowest BCUT2D eigenvalue weighted by Crippen LogP contribution is -2.35. The van der Waals surface area contributed by atoms with E-state index in [1.807, 2.05) is 0 Å². The Morgan fingerprint density at radius 2 is 1.95 bits per heavy atom. The van der Waals surface area contributed by atoms with Crippen LogP contribution in [-0.2, 0) is 4.74 Å². The fourth-order valence-corrected chi connectivity index (χ4v) is 3.85. The predicted molar refractivity (Wildman–Crippen MR) is 81.5 cm³/mol. The van der Waals surface area contributed by atoms with E-state index in [9.17, 15) is 0 Å². The van der Waals surface area contributed by atoms with Gasteiger partial charge >= 0.3 is 0 Å². The minimum Gasteiger partial charge on any atom is -0.372 e. The number of nitrogens with one attached hydrogen (secondary N) is 1. The maximum absolute atomic E-state index is 6.42. The summed E-state index contributed by atoms with van der Waals surface area (Å²) in [5, 5.41) is 3.70. The highest BCUT2D eigenvalue weighted by Crippen LogP contribution is 2.44. The van der Waals surface area contributed by atoms with Crippen molar-refractivity contribution in [1.29, 1.82) is 0 Å². The lowest BCUT2D eigenvalue weighted by atomic mass is 9.95. The number of rotatable bonds is 7. The van der Waals surface area contributed by atoms with E-state index < -0.39 is 0 Å². The van der Waals surface area contributed by atoms with Crippen LogP contribution in [0.1, 0.15) is 78.6 Å². The van der Waals surface area contributed by atoms with E-state index in [2.05, 4.69) is 26.1 Å². The second-order valence-corrected chi connectivity index (χ2v) is 7.05. The quantitative estimate of drug-likeness (QED) is 0.743. The molecule has 0 radical (unpaired) electrons. The van der Waals surface area contributed by atoms with Crippen LogP contribution in [0.15, 0.2) is 0 Å². The third kappa shape index (κ3) is 4.19. The van der Waals surface area contributed by atoms with Crippen LogP contribution in [0, 0.1) is 5.92 Å². The average Bonchev–Trinajstić information content (AvgIpc) is 3.00. The van der Waals surface area contributed by atoms with Gasteiger partial charge in [-0.2, -0.15) is 0 Å². The Morgan fingerprint density at radius 3 is 2.58 bits per heavy atom. The van der Waals surface area contributed by atoms with Crippen LogP contribution < -0.4 is 5.32 Å². The monoisotopic (exact) mass is 267 g/mol. The van der Waals surface area contributed by atoms with Gasteiger partial charge < -0.3 is 10.1 Å². The molecule has 2 unspecified atom stereocenters. The van der Waals surface area contributed by atoms with Gasteiger partial charge in [-0.25, -0.2) is 0 Å². The smallest absolute Gasteiger partial charge is 0.0687 e. The van der Waals surface area contributed by atoms with Gasteiger partial charge in [0.1, 0.15) is 0 Å². The van der Waals surface area contributed by atoms with Gasteiger partial charge in [-0.05, 0) is 57.4 Å². The summed E-state index contributed by atoms with van der Waals surface area (Å²) < 4.78 is 6.42. The van der Waals surface area contributed by atoms with Gasteiger partial charge in [-0.3, -0.25) is 0 Å². The molecule has 2 nitrogen and oxygen atoms in total. The van der Waals surface area contributed by atoms with Crippen molar-refractivity contribution in [1.82, 2.24) is 5.32 Å². The van der Waals surface area contributed by atoms with Crippen molar-refractivity contribution in [2.75, 3.05) is 6.54 Å². The maximum Gasteiger partial charge on any atom is 0.0687 e. The van der Waals surface area contributed by atoms with Crippen LogP contribution in [0.2, 0.25) is 0 Å². The summed E-state index contributed by atoms with van der Waals surface area (Å²) in [6, 6.07) is 0.670. The zero-order valence-electron chi connectivity index (χ0n) is 13.2. The third-order valence-corrected chi connectivity index (χ3v) is 5.11. The molecule has 112 valence electrons. The molecule has 1 saturated carbocycles. The molecule has 2 atom stereocenters. The van der Waals surface area contributed by atoms with Crippen LogP contribution in [0.4, 0.5) is 0 Å².